The van der Waals surface area contributed by atoms with E-state index in [-0.39, 0.29) is 19.0 Å². The Balaban J connectivity index is 0. The van der Waals surface area contributed by atoms with E-state index in [1.165, 1.54) is 0 Å². The quantitative estimate of drug-likeness (QED) is 0.289. The Morgan fingerprint density at radius 3 is 2.33 bits per heavy atom. The first kappa shape index (κ1) is 14.7. The molecule has 76 valence electrons. The SMILES string of the molecule is CCCOC[N+](C)(C)CCO.[Cl-]. The van der Waals surface area contributed by atoms with Crippen LogP contribution in [0.25, 0.3) is 0 Å². The minimum absolute atomic E-state index is 0. The van der Waals surface area contributed by atoms with Crippen molar-refractivity contribution in [3.63, 3.8) is 0 Å². The van der Waals surface area contributed by atoms with Crippen molar-refractivity contribution in [2.75, 3.05) is 40.6 Å². The predicted octanol–water partition coefficient (Wildman–Crippen LogP) is -2.56. The fourth-order valence-electron chi connectivity index (χ4n) is 0.791. The van der Waals surface area contributed by atoms with Crippen LogP contribution in [-0.4, -0.2) is 50.2 Å². The lowest BCUT2D eigenvalue weighted by molar-refractivity contribution is -0.910. The molecule has 0 bridgehead atoms. The number of aliphatic hydroxyl groups excluding tert-OH is 1. The molecule has 0 aliphatic heterocycles. The Morgan fingerprint density at radius 1 is 1.33 bits per heavy atom. The summed E-state index contributed by atoms with van der Waals surface area (Å²) >= 11 is 0. The maximum atomic E-state index is 8.69. The highest BCUT2D eigenvalue weighted by molar-refractivity contribution is 4.26. The van der Waals surface area contributed by atoms with E-state index in [9.17, 15) is 0 Å². The minimum Gasteiger partial charge on any atom is -1.00 e. The summed E-state index contributed by atoms with van der Waals surface area (Å²) in [6.07, 6.45) is 1.05. The van der Waals surface area contributed by atoms with Gasteiger partial charge in [-0.05, 0) is 6.42 Å². The molecular formula is C8H20ClNO2. The molecule has 0 aromatic carbocycles. The third kappa shape index (κ3) is 8.27. The van der Waals surface area contributed by atoms with Crippen LogP contribution in [0.3, 0.4) is 0 Å². The van der Waals surface area contributed by atoms with E-state index in [4.69, 9.17) is 9.84 Å². The number of nitrogens with zero attached hydrogens (tertiary/aromatic N) is 1. The zero-order valence-corrected chi connectivity index (χ0v) is 8.97. The average Bonchev–Trinajstić information content (AvgIpc) is 1.87. The van der Waals surface area contributed by atoms with Crippen LogP contribution in [0.4, 0.5) is 0 Å². The largest absolute Gasteiger partial charge is 1.00 e. The van der Waals surface area contributed by atoms with Crippen molar-refractivity contribution >= 4 is 0 Å². The molecule has 0 radical (unpaired) electrons. The summed E-state index contributed by atoms with van der Waals surface area (Å²) in [5, 5.41) is 8.69. The van der Waals surface area contributed by atoms with Crippen molar-refractivity contribution in [2.24, 2.45) is 0 Å². The van der Waals surface area contributed by atoms with Crippen LogP contribution in [0.1, 0.15) is 13.3 Å². The van der Waals surface area contributed by atoms with Gasteiger partial charge < -0.3 is 26.7 Å². The summed E-state index contributed by atoms with van der Waals surface area (Å²) in [7, 11) is 4.10. The predicted molar refractivity (Wildman–Crippen MR) is 45.2 cm³/mol. The van der Waals surface area contributed by atoms with Gasteiger partial charge in [-0.2, -0.15) is 0 Å². The Kier molecular flexibility index (Phi) is 9.54. The number of hydrogen-bond donors (Lipinski definition) is 1. The Bertz CT molecular complexity index is 99.1. The van der Waals surface area contributed by atoms with E-state index < -0.39 is 0 Å². The molecule has 12 heavy (non-hydrogen) atoms. The van der Waals surface area contributed by atoms with E-state index in [0.29, 0.717) is 6.73 Å². The van der Waals surface area contributed by atoms with Crippen LogP contribution >= 0.6 is 0 Å². The molecule has 1 N–H and O–H groups in total. The van der Waals surface area contributed by atoms with Crippen LogP contribution in [0.2, 0.25) is 0 Å². The fraction of sp³-hybridized carbons (Fsp3) is 1.00. The van der Waals surface area contributed by atoms with Crippen molar-refractivity contribution in [2.45, 2.75) is 13.3 Å². The van der Waals surface area contributed by atoms with Crippen molar-refractivity contribution < 1.29 is 26.7 Å². The molecular weight excluding hydrogens is 178 g/mol. The van der Waals surface area contributed by atoms with Crippen LogP contribution in [0.5, 0.6) is 0 Å². The van der Waals surface area contributed by atoms with Gasteiger partial charge in [0.1, 0.15) is 6.54 Å². The van der Waals surface area contributed by atoms with Gasteiger partial charge in [-0.1, -0.05) is 6.92 Å². The van der Waals surface area contributed by atoms with E-state index in [2.05, 4.69) is 6.92 Å². The first-order valence-electron chi connectivity index (χ1n) is 4.13. The normalized spacial score (nSPS) is 11.0. The maximum absolute atomic E-state index is 8.69. The van der Waals surface area contributed by atoms with Crippen LogP contribution in [0, 0.1) is 0 Å². The Labute approximate surface area is 81.3 Å². The molecule has 0 fully saturated rings. The molecule has 0 aliphatic carbocycles. The fourth-order valence-corrected chi connectivity index (χ4v) is 0.791. The molecule has 0 spiro atoms. The average molecular weight is 198 g/mol. The highest BCUT2D eigenvalue weighted by Gasteiger charge is 2.12. The molecule has 3 nitrogen and oxygen atoms in total. The number of ether oxygens (including phenoxy) is 1. The minimum atomic E-state index is 0. The number of quaternary nitrogens is 1. The molecule has 0 saturated heterocycles. The molecule has 0 saturated carbocycles. The molecule has 0 heterocycles. The summed E-state index contributed by atoms with van der Waals surface area (Å²) in [5.41, 5.74) is 0. The second-order valence-corrected chi connectivity index (χ2v) is 3.42. The van der Waals surface area contributed by atoms with Gasteiger partial charge in [-0.25, -0.2) is 0 Å². The first-order valence-corrected chi connectivity index (χ1v) is 4.13. The summed E-state index contributed by atoms with van der Waals surface area (Å²) in [4.78, 5) is 0. The number of likely N-dealkylation sites (N-methyl/N-ethyl adjacent to an activating group) is 1. The topological polar surface area (TPSA) is 29.5 Å². The number of halogens is 1. The first-order chi connectivity index (χ1) is 5.12. The lowest BCUT2D eigenvalue weighted by atomic mass is 10.5. The Morgan fingerprint density at radius 2 is 1.92 bits per heavy atom. The lowest BCUT2D eigenvalue weighted by Gasteiger charge is -2.28. The number of rotatable bonds is 6. The summed E-state index contributed by atoms with van der Waals surface area (Å²) in [6, 6.07) is 0. The number of aliphatic hydroxyl groups is 1. The lowest BCUT2D eigenvalue weighted by Crippen LogP contribution is -3.00. The zero-order valence-electron chi connectivity index (χ0n) is 8.22. The third-order valence-electron chi connectivity index (χ3n) is 1.49. The molecule has 0 rings (SSSR count). The highest BCUT2D eigenvalue weighted by Crippen LogP contribution is 1.96. The monoisotopic (exact) mass is 197 g/mol. The van der Waals surface area contributed by atoms with Gasteiger partial charge in [0.15, 0.2) is 6.73 Å². The standard InChI is InChI=1S/C8H20NO2.ClH/c1-4-7-11-8-9(2,3)5-6-10;/h10H,4-8H2,1-3H3;1H/q+1;/p-1. The van der Waals surface area contributed by atoms with E-state index in [1.807, 2.05) is 14.1 Å². The third-order valence-corrected chi connectivity index (χ3v) is 1.49. The second-order valence-electron chi connectivity index (χ2n) is 3.42. The Hall–Kier alpha value is 0.170. The van der Waals surface area contributed by atoms with Gasteiger partial charge in [-0.15, -0.1) is 0 Å². The molecule has 0 amide bonds. The van der Waals surface area contributed by atoms with E-state index in [1.54, 1.807) is 0 Å². The maximum Gasteiger partial charge on any atom is 0.182 e. The van der Waals surface area contributed by atoms with Crippen molar-refractivity contribution in [3.05, 3.63) is 0 Å². The molecule has 4 heteroatoms. The highest BCUT2D eigenvalue weighted by atomic mass is 35.5. The van der Waals surface area contributed by atoms with Gasteiger partial charge in [0.05, 0.1) is 27.3 Å². The molecule has 0 aliphatic rings. The van der Waals surface area contributed by atoms with Gasteiger partial charge in [0, 0.05) is 0 Å². The summed E-state index contributed by atoms with van der Waals surface area (Å²) in [6.45, 7) is 4.57. The second kappa shape index (κ2) is 7.80. The van der Waals surface area contributed by atoms with Crippen molar-refractivity contribution in [3.8, 4) is 0 Å². The van der Waals surface area contributed by atoms with Gasteiger partial charge in [-0.3, -0.25) is 0 Å². The van der Waals surface area contributed by atoms with Crippen molar-refractivity contribution in [1.82, 2.24) is 0 Å². The summed E-state index contributed by atoms with van der Waals surface area (Å²) < 4.78 is 6.09. The van der Waals surface area contributed by atoms with E-state index in [0.717, 1.165) is 24.1 Å². The van der Waals surface area contributed by atoms with Gasteiger partial charge in [0.25, 0.3) is 0 Å². The van der Waals surface area contributed by atoms with Gasteiger partial charge >= 0.3 is 0 Å². The number of hydrogen-bond acceptors (Lipinski definition) is 2. The van der Waals surface area contributed by atoms with Crippen LogP contribution in [0.15, 0.2) is 0 Å². The molecule has 0 atom stereocenters. The van der Waals surface area contributed by atoms with Crippen LogP contribution < -0.4 is 12.4 Å². The van der Waals surface area contributed by atoms with Crippen LogP contribution in [-0.2, 0) is 4.74 Å². The molecule has 0 aromatic heterocycles. The summed E-state index contributed by atoms with van der Waals surface area (Å²) in [5.74, 6) is 0. The zero-order chi connectivity index (χ0) is 8.74. The molecule has 0 unspecified atom stereocenters. The van der Waals surface area contributed by atoms with E-state index >= 15 is 0 Å². The molecule has 0 aromatic rings. The van der Waals surface area contributed by atoms with Gasteiger partial charge in [0.2, 0.25) is 0 Å². The van der Waals surface area contributed by atoms with Crippen molar-refractivity contribution in [1.29, 1.82) is 0 Å². The smallest absolute Gasteiger partial charge is 0.182 e.